The van der Waals surface area contributed by atoms with E-state index in [1.165, 1.54) is 25.7 Å². The lowest BCUT2D eigenvalue weighted by atomic mass is 9.94. The van der Waals surface area contributed by atoms with Crippen molar-refractivity contribution in [1.29, 1.82) is 0 Å². The van der Waals surface area contributed by atoms with Crippen LogP contribution in [0.3, 0.4) is 0 Å². The maximum absolute atomic E-state index is 3.42. The fourth-order valence-electron chi connectivity index (χ4n) is 2.57. The van der Waals surface area contributed by atoms with Crippen LogP contribution in [0.1, 0.15) is 46.0 Å². The van der Waals surface area contributed by atoms with Gasteiger partial charge in [0.05, 0.1) is 0 Å². The van der Waals surface area contributed by atoms with Gasteiger partial charge in [0, 0.05) is 12.5 Å². The van der Waals surface area contributed by atoms with Crippen molar-refractivity contribution in [1.82, 2.24) is 5.32 Å². The highest BCUT2D eigenvalue weighted by Gasteiger charge is 2.28. The highest BCUT2D eigenvalue weighted by molar-refractivity contribution is 5.00. The first-order valence-electron chi connectivity index (χ1n) is 5.88. The highest BCUT2D eigenvalue weighted by Crippen LogP contribution is 2.35. The SMILES string of the molecule is CC#CCC(NC)C1CCC(CC)C1. The van der Waals surface area contributed by atoms with E-state index in [9.17, 15) is 0 Å². The molecule has 0 saturated heterocycles. The molecule has 1 aliphatic rings. The van der Waals surface area contributed by atoms with E-state index in [1.54, 1.807) is 0 Å². The van der Waals surface area contributed by atoms with Crippen LogP contribution in [0.2, 0.25) is 0 Å². The molecule has 0 aromatic rings. The molecule has 1 aliphatic carbocycles. The summed E-state index contributed by atoms with van der Waals surface area (Å²) in [5.41, 5.74) is 0. The van der Waals surface area contributed by atoms with Crippen LogP contribution in [0.15, 0.2) is 0 Å². The number of nitrogens with one attached hydrogen (secondary N) is 1. The molecule has 3 unspecified atom stereocenters. The fourth-order valence-corrected chi connectivity index (χ4v) is 2.57. The summed E-state index contributed by atoms with van der Waals surface area (Å²) in [7, 11) is 2.07. The van der Waals surface area contributed by atoms with Gasteiger partial charge in [-0.15, -0.1) is 11.8 Å². The van der Waals surface area contributed by atoms with Gasteiger partial charge in [-0.3, -0.25) is 0 Å². The summed E-state index contributed by atoms with van der Waals surface area (Å²) >= 11 is 0. The van der Waals surface area contributed by atoms with E-state index in [2.05, 4.69) is 31.1 Å². The Morgan fingerprint density at radius 1 is 1.43 bits per heavy atom. The van der Waals surface area contributed by atoms with E-state index in [4.69, 9.17) is 0 Å². The Hall–Kier alpha value is -0.480. The molecule has 1 N–H and O–H groups in total. The fraction of sp³-hybridized carbons (Fsp3) is 0.846. The van der Waals surface area contributed by atoms with Crippen molar-refractivity contribution in [3.63, 3.8) is 0 Å². The molecular formula is C13H23N. The average Bonchev–Trinajstić information content (AvgIpc) is 2.68. The Bertz CT molecular complexity index is 211. The molecule has 0 aromatic carbocycles. The molecule has 1 saturated carbocycles. The van der Waals surface area contributed by atoms with E-state index >= 15 is 0 Å². The summed E-state index contributed by atoms with van der Waals surface area (Å²) in [5.74, 6) is 8.03. The quantitative estimate of drug-likeness (QED) is 0.677. The molecule has 1 fully saturated rings. The molecule has 0 aliphatic heterocycles. The summed E-state index contributed by atoms with van der Waals surface area (Å²) in [5, 5.41) is 3.42. The Labute approximate surface area is 88.7 Å². The molecule has 0 amide bonds. The largest absolute Gasteiger partial charge is 0.316 e. The second-order valence-electron chi connectivity index (χ2n) is 4.37. The maximum atomic E-state index is 3.42. The third-order valence-corrected chi connectivity index (χ3v) is 3.60. The Morgan fingerprint density at radius 3 is 2.71 bits per heavy atom. The molecule has 0 heterocycles. The first-order valence-corrected chi connectivity index (χ1v) is 5.88. The van der Waals surface area contributed by atoms with Gasteiger partial charge in [-0.2, -0.15) is 0 Å². The topological polar surface area (TPSA) is 12.0 Å². The molecule has 0 spiro atoms. The number of hydrogen-bond donors (Lipinski definition) is 1. The number of hydrogen-bond acceptors (Lipinski definition) is 1. The van der Waals surface area contributed by atoms with Crippen molar-refractivity contribution < 1.29 is 0 Å². The van der Waals surface area contributed by atoms with Gasteiger partial charge in [-0.1, -0.05) is 19.8 Å². The lowest BCUT2D eigenvalue weighted by Gasteiger charge is -2.21. The van der Waals surface area contributed by atoms with Crippen molar-refractivity contribution in [3.05, 3.63) is 0 Å². The van der Waals surface area contributed by atoms with Crippen LogP contribution in [0.5, 0.6) is 0 Å². The predicted octanol–water partition coefficient (Wildman–Crippen LogP) is 2.81. The van der Waals surface area contributed by atoms with Crippen molar-refractivity contribution in [2.45, 2.75) is 52.0 Å². The third-order valence-electron chi connectivity index (χ3n) is 3.60. The Morgan fingerprint density at radius 2 is 2.21 bits per heavy atom. The smallest absolute Gasteiger partial charge is 0.0245 e. The van der Waals surface area contributed by atoms with Crippen LogP contribution in [0, 0.1) is 23.7 Å². The minimum absolute atomic E-state index is 0.624. The highest BCUT2D eigenvalue weighted by atomic mass is 14.9. The van der Waals surface area contributed by atoms with Gasteiger partial charge in [-0.05, 0) is 38.6 Å². The van der Waals surface area contributed by atoms with Crippen LogP contribution >= 0.6 is 0 Å². The zero-order valence-corrected chi connectivity index (χ0v) is 9.77. The molecule has 1 nitrogen and oxygen atoms in total. The summed E-state index contributed by atoms with van der Waals surface area (Å²) in [4.78, 5) is 0. The minimum Gasteiger partial charge on any atom is -0.316 e. The van der Waals surface area contributed by atoms with E-state index < -0.39 is 0 Å². The van der Waals surface area contributed by atoms with Crippen LogP contribution < -0.4 is 5.32 Å². The van der Waals surface area contributed by atoms with Crippen molar-refractivity contribution in [2.24, 2.45) is 11.8 Å². The lowest BCUT2D eigenvalue weighted by molar-refractivity contribution is 0.368. The van der Waals surface area contributed by atoms with Gasteiger partial charge in [0.25, 0.3) is 0 Å². The first kappa shape index (κ1) is 11.6. The lowest BCUT2D eigenvalue weighted by Crippen LogP contribution is -2.31. The van der Waals surface area contributed by atoms with Gasteiger partial charge in [0.1, 0.15) is 0 Å². The molecule has 14 heavy (non-hydrogen) atoms. The van der Waals surface area contributed by atoms with Crippen LogP contribution in [-0.4, -0.2) is 13.1 Å². The van der Waals surface area contributed by atoms with Gasteiger partial charge in [-0.25, -0.2) is 0 Å². The summed E-state index contributed by atoms with van der Waals surface area (Å²) in [6, 6.07) is 0.624. The first-order chi connectivity index (χ1) is 6.81. The van der Waals surface area contributed by atoms with Crippen molar-refractivity contribution in [2.75, 3.05) is 7.05 Å². The molecule has 0 aromatic heterocycles. The molecule has 1 heteroatoms. The van der Waals surface area contributed by atoms with E-state index in [-0.39, 0.29) is 0 Å². The molecule has 0 radical (unpaired) electrons. The van der Waals surface area contributed by atoms with E-state index in [1.807, 2.05) is 6.92 Å². The monoisotopic (exact) mass is 193 g/mol. The van der Waals surface area contributed by atoms with Crippen LogP contribution in [0.4, 0.5) is 0 Å². The van der Waals surface area contributed by atoms with Gasteiger partial charge in [0.2, 0.25) is 0 Å². The summed E-state index contributed by atoms with van der Waals surface area (Å²) in [6.45, 7) is 4.24. The summed E-state index contributed by atoms with van der Waals surface area (Å²) in [6.07, 6.45) is 6.61. The van der Waals surface area contributed by atoms with Crippen LogP contribution in [0.25, 0.3) is 0 Å². The second-order valence-corrected chi connectivity index (χ2v) is 4.37. The van der Waals surface area contributed by atoms with E-state index in [0.29, 0.717) is 6.04 Å². The molecule has 1 rings (SSSR count). The van der Waals surface area contributed by atoms with Crippen molar-refractivity contribution >= 4 is 0 Å². The molecular weight excluding hydrogens is 170 g/mol. The third kappa shape index (κ3) is 3.03. The Kier molecular flexibility index (Phi) is 5.04. The molecule has 3 atom stereocenters. The van der Waals surface area contributed by atoms with Crippen molar-refractivity contribution in [3.8, 4) is 11.8 Å². The Balaban J connectivity index is 2.40. The van der Waals surface area contributed by atoms with Gasteiger partial charge >= 0.3 is 0 Å². The maximum Gasteiger partial charge on any atom is 0.0245 e. The molecule has 80 valence electrons. The molecule has 0 bridgehead atoms. The standard InChI is InChI=1S/C13H23N/c1-4-6-7-13(14-3)12-9-8-11(5-2)10-12/h11-14H,5,7-10H2,1-3H3. The van der Waals surface area contributed by atoms with Gasteiger partial charge in [0.15, 0.2) is 0 Å². The summed E-state index contributed by atoms with van der Waals surface area (Å²) < 4.78 is 0. The predicted molar refractivity (Wildman–Crippen MR) is 62.0 cm³/mol. The minimum atomic E-state index is 0.624. The normalized spacial score (nSPS) is 28.2. The second kappa shape index (κ2) is 6.09. The zero-order valence-electron chi connectivity index (χ0n) is 9.77. The van der Waals surface area contributed by atoms with E-state index in [0.717, 1.165) is 18.3 Å². The van der Waals surface area contributed by atoms with Crippen LogP contribution in [-0.2, 0) is 0 Å². The number of rotatable bonds is 4. The zero-order chi connectivity index (χ0) is 10.4. The average molecular weight is 193 g/mol. The van der Waals surface area contributed by atoms with Gasteiger partial charge < -0.3 is 5.32 Å².